The topological polar surface area (TPSA) is 55.1 Å². The molecule has 0 spiro atoms. The van der Waals surface area contributed by atoms with Crippen molar-refractivity contribution in [1.82, 2.24) is 0 Å². The van der Waals surface area contributed by atoms with Crippen LogP contribution in [0.3, 0.4) is 0 Å². The lowest BCUT2D eigenvalue weighted by Crippen LogP contribution is -2.12. The molecule has 1 unspecified atom stereocenters. The van der Waals surface area contributed by atoms with E-state index < -0.39 is 11.9 Å². The van der Waals surface area contributed by atoms with E-state index in [4.69, 9.17) is 5.73 Å². The SMILES string of the molecule is Cc1cccc(C(N)c2cc(F)c3c(c2)CC(=O)N3)c1. The molecule has 2 aromatic rings. The second-order valence-corrected chi connectivity index (χ2v) is 5.15. The van der Waals surface area contributed by atoms with Crippen molar-refractivity contribution in [2.75, 3.05) is 5.32 Å². The first-order chi connectivity index (χ1) is 9.54. The number of carbonyl (C=O) groups excluding carboxylic acids is 1. The average molecular weight is 270 g/mol. The Morgan fingerprint density at radius 1 is 1.25 bits per heavy atom. The zero-order chi connectivity index (χ0) is 14.3. The molecule has 0 aliphatic carbocycles. The summed E-state index contributed by atoms with van der Waals surface area (Å²) >= 11 is 0. The summed E-state index contributed by atoms with van der Waals surface area (Å²) in [5.41, 5.74) is 9.90. The number of fused-ring (bicyclic) bond motifs is 1. The molecule has 102 valence electrons. The molecular formula is C16H15FN2O. The highest BCUT2D eigenvalue weighted by Gasteiger charge is 2.23. The number of amides is 1. The summed E-state index contributed by atoms with van der Waals surface area (Å²) in [6, 6.07) is 10.6. The third kappa shape index (κ3) is 2.18. The largest absolute Gasteiger partial charge is 0.323 e. The highest BCUT2D eigenvalue weighted by atomic mass is 19.1. The van der Waals surface area contributed by atoms with E-state index in [0.29, 0.717) is 11.1 Å². The lowest BCUT2D eigenvalue weighted by Gasteiger charge is -2.15. The van der Waals surface area contributed by atoms with Gasteiger partial charge in [-0.05, 0) is 29.7 Å². The van der Waals surface area contributed by atoms with Gasteiger partial charge in [0, 0.05) is 0 Å². The van der Waals surface area contributed by atoms with Crippen molar-refractivity contribution in [1.29, 1.82) is 0 Å². The number of carbonyl (C=O) groups is 1. The Balaban J connectivity index is 2.01. The van der Waals surface area contributed by atoms with Gasteiger partial charge in [-0.25, -0.2) is 4.39 Å². The summed E-state index contributed by atoms with van der Waals surface area (Å²) in [6.45, 7) is 1.99. The van der Waals surface area contributed by atoms with Crippen LogP contribution in [0.25, 0.3) is 0 Å². The fraction of sp³-hybridized carbons (Fsp3) is 0.188. The van der Waals surface area contributed by atoms with E-state index in [0.717, 1.165) is 11.1 Å². The zero-order valence-corrected chi connectivity index (χ0v) is 11.1. The lowest BCUT2D eigenvalue weighted by molar-refractivity contribution is -0.115. The van der Waals surface area contributed by atoms with Gasteiger partial charge in [-0.15, -0.1) is 0 Å². The Labute approximate surface area is 116 Å². The maximum absolute atomic E-state index is 14.0. The Hall–Kier alpha value is -2.20. The van der Waals surface area contributed by atoms with Crippen molar-refractivity contribution >= 4 is 11.6 Å². The van der Waals surface area contributed by atoms with E-state index in [1.807, 2.05) is 37.3 Å². The molecular weight excluding hydrogens is 255 g/mol. The fourth-order valence-electron chi connectivity index (χ4n) is 2.56. The van der Waals surface area contributed by atoms with E-state index in [2.05, 4.69) is 5.32 Å². The maximum atomic E-state index is 14.0. The first-order valence-electron chi connectivity index (χ1n) is 6.49. The minimum absolute atomic E-state index is 0.180. The van der Waals surface area contributed by atoms with Crippen molar-refractivity contribution < 1.29 is 9.18 Å². The molecule has 0 bridgehead atoms. The van der Waals surface area contributed by atoms with Crippen LogP contribution in [0, 0.1) is 12.7 Å². The number of nitrogens with two attached hydrogens (primary N) is 1. The monoisotopic (exact) mass is 270 g/mol. The summed E-state index contributed by atoms with van der Waals surface area (Å²) in [5, 5.41) is 2.53. The van der Waals surface area contributed by atoms with Gasteiger partial charge >= 0.3 is 0 Å². The summed E-state index contributed by atoms with van der Waals surface area (Å²) in [5.74, 6) is -0.605. The Bertz CT molecular complexity index is 697. The number of halogens is 1. The van der Waals surface area contributed by atoms with Crippen LogP contribution in [-0.2, 0) is 11.2 Å². The Morgan fingerprint density at radius 3 is 2.80 bits per heavy atom. The van der Waals surface area contributed by atoms with Crippen LogP contribution in [0.1, 0.15) is 28.3 Å². The van der Waals surface area contributed by atoms with Gasteiger partial charge in [0.1, 0.15) is 5.82 Å². The van der Waals surface area contributed by atoms with E-state index >= 15 is 0 Å². The first kappa shape index (κ1) is 12.8. The van der Waals surface area contributed by atoms with Crippen molar-refractivity contribution in [3.05, 3.63) is 64.5 Å². The van der Waals surface area contributed by atoms with E-state index in [-0.39, 0.29) is 18.0 Å². The number of nitrogens with one attached hydrogen (secondary N) is 1. The predicted molar refractivity (Wildman–Crippen MR) is 75.9 cm³/mol. The molecule has 0 radical (unpaired) electrons. The molecule has 3 nitrogen and oxygen atoms in total. The lowest BCUT2D eigenvalue weighted by atomic mass is 9.96. The number of anilines is 1. The molecule has 0 saturated carbocycles. The van der Waals surface area contributed by atoms with Crippen molar-refractivity contribution in [2.24, 2.45) is 5.73 Å². The Morgan fingerprint density at radius 2 is 2.05 bits per heavy atom. The average Bonchev–Trinajstić information content (AvgIpc) is 2.79. The molecule has 1 aliphatic heterocycles. The molecule has 0 saturated heterocycles. The minimum atomic E-state index is -0.425. The molecule has 3 rings (SSSR count). The van der Waals surface area contributed by atoms with E-state index in [1.165, 1.54) is 6.07 Å². The summed E-state index contributed by atoms with van der Waals surface area (Å²) in [7, 11) is 0. The van der Waals surface area contributed by atoms with Gasteiger partial charge in [0.2, 0.25) is 5.91 Å². The van der Waals surface area contributed by atoms with E-state index in [9.17, 15) is 9.18 Å². The quantitative estimate of drug-likeness (QED) is 0.881. The van der Waals surface area contributed by atoms with Gasteiger partial charge in [0.05, 0.1) is 18.2 Å². The molecule has 3 N–H and O–H groups in total. The standard InChI is InChI=1S/C16H15FN2O/c1-9-3-2-4-10(5-9)15(18)11-6-12-8-14(20)19-16(12)13(17)7-11/h2-7,15H,8,18H2,1H3,(H,19,20). The third-order valence-corrected chi connectivity index (χ3v) is 3.57. The molecule has 1 atom stereocenters. The van der Waals surface area contributed by atoms with Crippen LogP contribution in [0.2, 0.25) is 0 Å². The third-order valence-electron chi connectivity index (χ3n) is 3.57. The number of aryl methyl sites for hydroxylation is 1. The molecule has 1 amide bonds. The van der Waals surface area contributed by atoms with Crippen LogP contribution in [0.15, 0.2) is 36.4 Å². The second kappa shape index (κ2) is 4.72. The van der Waals surface area contributed by atoms with Gasteiger partial charge in [0.25, 0.3) is 0 Å². The van der Waals surface area contributed by atoms with Crippen LogP contribution < -0.4 is 11.1 Å². The highest BCUT2D eigenvalue weighted by molar-refractivity contribution is 5.99. The van der Waals surface area contributed by atoms with Crippen LogP contribution in [0.4, 0.5) is 10.1 Å². The normalized spacial score (nSPS) is 14.8. The van der Waals surface area contributed by atoms with Gasteiger partial charge in [-0.2, -0.15) is 0 Å². The molecule has 1 aliphatic rings. The summed E-state index contributed by atoms with van der Waals surface area (Å²) in [4.78, 5) is 11.3. The number of benzene rings is 2. The molecule has 2 aromatic carbocycles. The van der Waals surface area contributed by atoms with Crippen LogP contribution >= 0.6 is 0 Å². The molecule has 4 heteroatoms. The minimum Gasteiger partial charge on any atom is -0.323 e. The molecule has 0 aromatic heterocycles. The molecule has 1 heterocycles. The van der Waals surface area contributed by atoms with Crippen molar-refractivity contribution in [3.63, 3.8) is 0 Å². The zero-order valence-electron chi connectivity index (χ0n) is 11.1. The van der Waals surface area contributed by atoms with Gasteiger partial charge in [0.15, 0.2) is 0 Å². The molecule has 0 fully saturated rings. The van der Waals surface area contributed by atoms with Crippen molar-refractivity contribution in [3.8, 4) is 0 Å². The van der Waals surface area contributed by atoms with Crippen LogP contribution in [0.5, 0.6) is 0 Å². The van der Waals surface area contributed by atoms with Gasteiger partial charge in [-0.1, -0.05) is 35.9 Å². The maximum Gasteiger partial charge on any atom is 0.228 e. The number of rotatable bonds is 2. The number of hydrogen-bond donors (Lipinski definition) is 2. The highest BCUT2D eigenvalue weighted by Crippen LogP contribution is 2.31. The number of hydrogen-bond acceptors (Lipinski definition) is 2. The summed E-state index contributed by atoms with van der Waals surface area (Å²) < 4.78 is 14.0. The smallest absolute Gasteiger partial charge is 0.228 e. The van der Waals surface area contributed by atoms with Crippen LogP contribution in [-0.4, -0.2) is 5.91 Å². The summed E-state index contributed by atoms with van der Waals surface area (Å²) in [6.07, 6.45) is 0.209. The molecule has 20 heavy (non-hydrogen) atoms. The van der Waals surface area contributed by atoms with Gasteiger partial charge < -0.3 is 11.1 Å². The van der Waals surface area contributed by atoms with Gasteiger partial charge in [-0.3, -0.25) is 4.79 Å². The second-order valence-electron chi connectivity index (χ2n) is 5.15. The fourth-order valence-corrected chi connectivity index (χ4v) is 2.56. The predicted octanol–water partition coefficient (Wildman–Crippen LogP) is 2.68. The van der Waals surface area contributed by atoms with E-state index in [1.54, 1.807) is 0 Å². The first-order valence-corrected chi connectivity index (χ1v) is 6.49. The van der Waals surface area contributed by atoms with Crippen molar-refractivity contribution in [2.45, 2.75) is 19.4 Å². The Kier molecular flexibility index (Phi) is 3.03.